The average molecular weight is 162 g/mol. The smallest absolute Gasteiger partial charge is 0.0777 e. The van der Waals surface area contributed by atoms with Crippen molar-refractivity contribution in [2.24, 2.45) is 0 Å². The first-order valence-corrected chi connectivity index (χ1v) is 4.14. The molecule has 3 nitrogen and oxygen atoms in total. The second-order valence-electron chi connectivity index (χ2n) is 2.65. The van der Waals surface area contributed by atoms with E-state index in [2.05, 4.69) is 0 Å². The molecule has 0 aromatic heterocycles. The Bertz CT molecular complexity index is 75.7. The van der Waals surface area contributed by atoms with E-state index in [9.17, 15) is 0 Å². The molecule has 0 bridgehead atoms. The molecular weight excluding hydrogens is 144 g/mol. The fourth-order valence-corrected chi connectivity index (χ4v) is 0.728. The van der Waals surface area contributed by atoms with Crippen LogP contribution in [0.5, 0.6) is 0 Å². The van der Waals surface area contributed by atoms with E-state index in [1.807, 2.05) is 6.92 Å². The van der Waals surface area contributed by atoms with Crippen LogP contribution >= 0.6 is 0 Å². The summed E-state index contributed by atoms with van der Waals surface area (Å²) in [4.78, 5) is 0. The van der Waals surface area contributed by atoms with Crippen molar-refractivity contribution in [2.45, 2.75) is 32.3 Å². The Morgan fingerprint density at radius 3 is 2.45 bits per heavy atom. The number of rotatable bonds is 7. The normalized spacial score (nSPS) is 13.4. The Balaban J connectivity index is 2.89. The van der Waals surface area contributed by atoms with Crippen LogP contribution in [0.4, 0.5) is 0 Å². The SMILES string of the molecule is CC(CO)OCCCCCO. The molecule has 0 amide bonds. The van der Waals surface area contributed by atoms with E-state index in [1.54, 1.807) is 0 Å². The Morgan fingerprint density at radius 2 is 1.91 bits per heavy atom. The quantitative estimate of drug-likeness (QED) is 0.537. The molecule has 1 atom stereocenters. The summed E-state index contributed by atoms with van der Waals surface area (Å²) in [6, 6.07) is 0. The van der Waals surface area contributed by atoms with Gasteiger partial charge in [0, 0.05) is 13.2 Å². The molecule has 0 radical (unpaired) electrons. The van der Waals surface area contributed by atoms with Crippen molar-refractivity contribution in [1.82, 2.24) is 0 Å². The molecule has 0 fully saturated rings. The predicted molar refractivity (Wildman–Crippen MR) is 43.4 cm³/mol. The van der Waals surface area contributed by atoms with Crippen LogP contribution in [0.15, 0.2) is 0 Å². The minimum absolute atomic E-state index is 0.0517. The molecule has 0 aromatic carbocycles. The minimum Gasteiger partial charge on any atom is -0.396 e. The van der Waals surface area contributed by atoms with Gasteiger partial charge in [-0.2, -0.15) is 0 Å². The third-order valence-corrected chi connectivity index (χ3v) is 1.46. The lowest BCUT2D eigenvalue weighted by Crippen LogP contribution is -2.13. The van der Waals surface area contributed by atoms with Crippen molar-refractivity contribution in [3.8, 4) is 0 Å². The van der Waals surface area contributed by atoms with Gasteiger partial charge in [0.2, 0.25) is 0 Å². The van der Waals surface area contributed by atoms with Crippen LogP contribution in [-0.4, -0.2) is 36.1 Å². The summed E-state index contributed by atoms with van der Waals surface area (Å²) in [5.41, 5.74) is 0. The van der Waals surface area contributed by atoms with Gasteiger partial charge in [0.25, 0.3) is 0 Å². The summed E-state index contributed by atoms with van der Waals surface area (Å²) in [5, 5.41) is 17.0. The van der Waals surface area contributed by atoms with Crippen LogP contribution in [0.1, 0.15) is 26.2 Å². The molecule has 0 aliphatic carbocycles. The topological polar surface area (TPSA) is 49.7 Å². The zero-order chi connectivity index (χ0) is 8.53. The van der Waals surface area contributed by atoms with Gasteiger partial charge in [0.15, 0.2) is 0 Å². The minimum atomic E-state index is -0.0517. The van der Waals surface area contributed by atoms with Crippen molar-refractivity contribution in [3.63, 3.8) is 0 Å². The largest absolute Gasteiger partial charge is 0.396 e. The van der Waals surface area contributed by atoms with Crippen LogP contribution in [0.3, 0.4) is 0 Å². The highest BCUT2D eigenvalue weighted by Crippen LogP contribution is 1.97. The first kappa shape index (κ1) is 10.9. The van der Waals surface area contributed by atoms with Gasteiger partial charge in [0.05, 0.1) is 12.7 Å². The maximum absolute atomic E-state index is 8.57. The number of hydrogen-bond acceptors (Lipinski definition) is 3. The zero-order valence-electron chi connectivity index (χ0n) is 7.12. The van der Waals surface area contributed by atoms with E-state index in [-0.39, 0.29) is 19.3 Å². The fraction of sp³-hybridized carbons (Fsp3) is 1.00. The number of hydrogen-bond donors (Lipinski definition) is 2. The molecule has 0 rings (SSSR count). The first-order valence-electron chi connectivity index (χ1n) is 4.14. The van der Waals surface area contributed by atoms with Gasteiger partial charge in [-0.3, -0.25) is 0 Å². The Morgan fingerprint density at radius 1 is 1.18 bits per heavy atom. The van der Waals surface area contributed by atoms with Crippen LogP contribution in [0.2, 0.25) is 0 Å². The molecule has 68 valence electrons. The van der Waals surface area contributed by atoms with Crippen LogP contribution in [0, 0.1) is 0 Å². The molecule has 11 heavy (non-hydrogen) atoms. The van der Waals surface area contributed by atoms with Crippen molar-refractivity contribution in [2.75, 3.05) is 19.8 Å². The van der Waals surface area contributed by atoms with Crippen LogP contribution in [0.25, 0.3) is 0 Å². The Hall–Kier alpha value is -0.120. The second-order valence-corrected chi connectivity index (χ2v) is 2.65. The standard InChI is InChI=1S/C8H18O3/c1-8(7-10)11-6-4-2-3-5-9/h8-10H,2-7H2,1H3. The number of ether oxygens (including phenoxy) is 1. The highest BCUT2D eigenvalue weighted by atomic mass is 16.5. The van der Waals surface area contributed by atoms with Crippen molar-refractivity contribution < 1.29 is 14.9 Å². The molecule has 2 N–H and O–H groups in total. The van der Waals surface area contributed by atoms with Gasteiger partial charge in [-0.25, -0.2) is 0 Å². The molecule has 0 saturated heterocycles. The Kier molecular flexibility index (Phi) is 7.89. The summed E-state index contributed by atoms with van der Waals surface area (Å²) < 4.78 is 5.21. The molecule has 0 spiro atoms. The lowest BCUT2D eigenvalue weighted by molar-refractivity contribution is 0.0228. The van der Waals surface area contributed by atoms with Crippen molar-refractivity contribution >= 4 is 0 Å². The average Bonchev–Trinajstić information content (AvgIpc) is 2.04. The van der Waals surface area contributed by atoms with E-state index in [0.29, 0.717) is 6.61 Å². The molecule has 0 aliphatic heterocycles. The van der Waals surface area contributed by atoms with Gasteiger partial charge in [-0.05, 0) is 26.2 Å². The summed E-state index contributed by atoms with van der Waals surface area (Å²) in [6.07, 6.45) is 2.75. The lowest BCUT2D eigenvalue weighted by Gasteiger charge is -2.08. The molecule has 0 aromatic rings. The summed E-state index contributed by atoms with van der Waals surface area (Å²) >= 11 is 0. The summed E-state index contributed by atoms with van der Waals surface area (Å²) in [6.45, 7) is 2.86. The van der Waals surface area contributed by atoms with E-state index >= 15 is 0 Å². The highest BCUT2D eigenvalue weighted by Gasteiger charge is 1.97. The second kappa shape index (κ2) is 7.98. The van der Waals surface area contributed by atoms with E-state index in [0.717, 1.165) is 19.3 Å². The first-order chi connectivity index (χ1) is 5.31. The molecule has 3 heteroatoms. The zero-order valence-corrected chi connectivity index (χ0v) is 7.12. The predicted octanol–water partition coefficient (Wildman–Crippen LogP) is 0.546. The maximum Gasteiger partial charge on any atom is 0.0777 e. The number of unbranched alkanes of at least 4 members (excludes halogenated alkanes) is 2. The van der Waals surface area contributed by atoms with Gasteiger partial charge in [-0.15, -0.1) is 0 Å². The third kappa shape index (κ3) is 7.78. The van der Waals surface area contributed by atoms with E-state index in [4.69, 9.17) is 14.9 Å². The fourth-order valence-electron chi connectivity index (χ4n) is 0.728. The van der Waals surface area contributed by atoms with Gasteiger partial charge >= 0.3 is 0 Å². The lowest BCUT2D eigenvalue weighted by atomic mass is 10.2. The maximum atomic E-state index is 8.57. The molecule has 0 heterocycles. The highest BCUT2D eigenvalue weighted by molar-refractivity contribution is 4.45. The van der Waals surface area contributed by atoms with Crippen LogP contribution in [-0.2, 0) is 4.74 Å². The molecule has 1 unspecified atom stereocenters. The van der Waals surface area contributed by atoms with Gasteiger partial charge < -0.3 is 14.9 Å². The van der Waals surface area contributed by atoms with Gasteiger partial charge in [0.1, 0.15) is 0 Å². The van der Waals surface area contributed by atoms with Gasteiger partial charge in [-0.1, -0.05) is 0 Å². The van der Waals surface area contributed by atoms with E-state index in [1.165, 1.54) is 0 Å². The van der Waals surface area contributed by atoms with Crippen molar-refractivity contribution in [1.29, 1.82) is 0 Å². The molecular formula is C8H18O3. The summed E-state index contributed by atoms with van der Waals surface area (Å²) in [5.74, 6) is 0. The third-order valence-electron chi connectivity index (χ3n) is 1.46. The number of aliphatic hydroxyl groups is 2. The monoisotopic (exact) mass is 162 g/mol. The molecule has 0 saturated carbocycles. The van der Waals surface area contributed by atoms with E-state index < -0.39 is 0 Å². The molecule has 0 aliphatic rings. The van der Waals surface area contributed by atoms with Crippen LogP contribution < -0.4 is 0 Å². The number of aliphatic hydroxyl groups excluding tert-OH is 2. The Labute approximate surface area is 68.0 Å². The summed E-state index contributed by atoms with van der Waals surface area (Å²) in [7, 11) is 0. The van der Waals surface area contributed by atoms with Crippen molar-refractivity contribution in [3.05, 3.63) is 0 Å².